The lowest BCUT2D eigenvalue weighted by Gasteiger charge is -2.07. The fourth-order valence-corrected chi connectivity index (χ4v) is 2.55. The Kier molecular flexibility index (Phi) is 5.87. The zero-order chi connectivity index (χ0) is 16.7. The van der Waals surface area contributed by atoms with E-state index in [1.54, 1.807) is 35.7 Å². The zero-order valence-electron chi connectivity index (χ0n) is 12.4. The van der Waals surface area contributed by atoms with Crippen molar-refractivity contribution in [1.29, 1.82) is 0 Å². The first-order valence-corrected chi connectivity index (χ1v) is 7.96. The summed E-state index contributed by atoms with van der Waals surface area (Å²) in [6, 6.07) is 8.62. The number of hydrogen-bond donors (Lipinski definition) is 3. The van der Waals surface area contributed by atoms with Crippen molar-refractivity contribution in [3.05, 3.63) is 52.2 Å². The summed E-state index contributed by atoms with van der Waals surface area (Å²) in [5.74, 6) is -0.781. The van der Waals surface area contributed by atoms with Gasteiger partial charge in [-0.25, -0.2) is 0 Å². The lowest BCUT2D eigenvalue weighted by Crippen LogP contribution is -2.27. The van der Waals surface area contributed by atoms with Crippen LogP contribution in [0.5, 0.6) is 0 Å². The Bertz CT molecular complexity index is 681. The van der Waals surface area contributed by atoms with Crippen molar-refractivity contribution in [2.75, 3.05) is 11.9 Å². The van der Waals surface area contributed by atoms with Gasteiger partial charge in [0.25, 0.3) is 5.91 Å². The van der Waals surface area contributed by atoms with Gasteiger partial charge in [0.15, 0.2) is 0 Å². The number of carbonyl (C=O) groups is 3. The highest BCUT2D eigenvalue weighted by Crippen LogP contribution is 2.10. The Morgan fingerprint density at radius 2 is 1.83 bits per heavy atom. The molecule has 1 aromatic heterocycles. The summed E-state index contributed by atoms with van der Waals surface area (Å²) in [6.45, 7) is 0.264. The summed E-state index contributed by atoms with van der Waals surface area (Å²) in [4.78, 5) is 34.3. The highest BCUT2D eigenvalue weighted by Gasteiger charge is 2.07. The molecule has 0 unspecified atom stereocenters. The predicted octanol–water partition coefficient (Wildman–Crippen LogP) is 1.53. The van der Waals surface area contributed by atoms with Gasteiger partial charge >= 0.3 is 0 Å². The van der Waals surface area contributed by atoms with Crippen LogP contribution in [-0.4, -0.2) is 24.3 Å². The van der Waals surface area contributed by atoms with E-state index in [2.05, 4.69) is 10.6 Å². The predicted molar refractivity (Wildman–Crippen MR) is 89.2 cm³/mol. The monoisotopic (exact) mass is 331 g/mol. The molecule has 0 atom stereocenters. The molecule has 3 amide bonds. The van der Waals surface area contributed by atoms with Gasteiger partial charge in [-0.1, -0.05) is 12.1 Å². The molecule has 6 nitrogen and oxygen atoms in total. The number of thiophene rings is 1. The Balaban J connectivity index is 1.74. The quantitative estimate of drug-likeness (QED) is 0.717. The number of nitrogens with one attached hydrogen (secondary N) is 2. The second-order valence-electron chi connectivity index (χ2n) is 4.91. The van der Waals surface area contributed by atoms with Crippen LogP contribution in [0.3, 0.4) is 0 Å². The molecule has 4 N–H and O–H groups in total. The third-order valence-corrected chi connectivity index (χ3v) is 3.72. The lowest BCUT2D eigenvalue weighted by molar-refractivity contribution is -0.117. The number of carbonyl (C=O) groups excluding carboxylic acids is 3. The number of rotatable bonds is 7. The molecule has 0 aliphatic heterocycles. The zero-order valence-corrected chi connectivity index (χ0v) is 13.2. The Labute approximate surface area is 137 Å². The van der Waals surface area contributed by atoms with E-state index in [4.69, 9.17) is 5.73 Å². The minimum absolute atomic E-state index is 0.169. The first-order chi connectivity index (χ1) is 11.0. The second kappa shape index (κ2) is 8.09. The SMILES string of the molecule is NC(=O)Cc1ccc(NC(=O)CCNC(=O)c2ccsc2)cc1. The van der Waals surface area contributed by atoms with E-state index in [9.17, 15) is 14.4 Å². The number of primary amides is 1. The van der Waals surface area contributed by atoms with Gasteiger partial charge in [0.2, 0.25) is 11.8 Å². The molecule has 0 radical (unpaired) electrons. The maximum Gasteiger partial charge on any atom is 0.252 e. The van der Waals surface area contributed by atoms with Crippen molar-refractivity contribution >= 4 is 34.7 Å². The molecule has 0 aliphatic rings. The van der Waals surface area contributed by atoms with Gasteiger partial charge < -0.3 is 16.4 Å². The van der Waals surface area contributed by atoms with Crippen molar-refractivity contribution in [3.8, 4) is 0 Å². The molecule has 0 aliphatic carbocycles. The smallest absolute Gasteiger partial charge is 0.252 e. The van der Waals surface area contributed by atoms with Gasteiger partial charge in [-0.15, -0.1) is 0 Å². The molecule has 0 saturated carbocycles. The first kappa shape index (κ1) is 16.7. The van der Waals surface area contributed by atoms with Gasteiger partial charge in [-0.2, -0.15) is 11.3 Å². The number of benzene rings is 1. The van der Waals surface area contributed by atoms with Gasteiger partial charge in [0.1, 0.15) is 0 Å². The number of hydrogen-bond acceptors (Lipinski definition) is 4. The van der Waals surface area contributed by atoms with Crippen LogP contribution in [0.15, 0.2) is 41.1 Å². The molecule has 0 saturated heterocycles. The minimum Gasteiger partial charge on any atom is -0.369 e. The molecular formula is C16H17N3O3S. The minimum atomic E-state index is -0.400. The third kappa shape index (κ3) is 5.55. The molecule has 120 valence electrons. The molecule has 0 spiro atoms. The van der Waals surface area contributed by atoms with Crippen LogP contribution in [0.25, 0.3) is 0 Å². The van der Waals surface area contributed by atoms with E-state index in [0.717, 1.165) is 5.56 Å². The van der Waals surface area contributed by atoms with Crippen molar-refractivity contribution < 1.29 is 14.4 Å². The number of amides is 3. The highest BCUT2D eigenvalue weighted by atomic mass is 32.1. The Hall–Kier alpha value is -2.67. The molecule has 0 fully saturated rings. The number of anilines is 1. The van der Waals surface area contributed by atoms with Crippen LogP contribution in [0.1, 0.15) is 22.3 Å². The summed E-state index contributed by atoms with van der Waals surface area (Å²) >= 11 is 1.45. The molecule has 2 aromatic rings. The second-order valence-corrected chi connectivity index (χ2v) is 5.69. The van der Waals surface area contributed by atoms with Gasteiger partial charge in [-0.05, 0) is 29.1 Å². The van der Waals surface area contributed by atoms with Gasteiger partial charge in [0, 0.05) is 29.6 Å². The average molecular weight is 331 g/mol. The molecule has 7 heteroatoms. The first-order valence-electron chi connectivity index (χ1n) is 7.02. The largest absolute Gasteiger partial charge is 0.369 e. The van der Waals surface area contributed by atoms with E-state index in [1.165, 1.54) is 11.3 Å². The molecule has 23 heavy (non-hydrogen) atoms. The molecule has 1 aromatic carbocycles. The standard InChI is InChI=1S/C16H17N3O3S/c17-14(20)9-11-1-3-13(4-2-11)19-15(21)5-7-18-16(22)12-6-8-23-10-12/h1-4,6,8,10H,5,7,9H2,(H2,17,20)(H,18,22)(H,19,21). The van der Waals surface area contributed by atoms with E-state index in [0.29, 0.717) is 11.3 Å². The molecular weight excluding hydrogens is 314 g/mol. The molecule has 2 rings (SSSR count). The summed E-state index contributed by atoms with van der Waals surface area (Å²) in [5, 5.41) is 8.99. The molecule has 1 heterocycles. The van der Waals surface area contributed by atoms with Crippen LogP contribution in [0.4, 0.5) is 5.69 Å². The third-order valence-electron chi connectivity index (χ3n) is 3.04. The van der Waals surface area contributed by atoms with Crippen LogP contribution in [-0.2, 0) is 16.0 Å². The van der Waals surface area contributed by atoms with Crippen LogP contribution >= 0.6 is 11.3 Å². The van der Waals surface area contributed by atoms with Crippen LogP contribution in [0, 0.1) is 0 Å². The fraction of sp³-hybridized carbons (Fsp3) is 0.188. The normalized spacial score (nSPS) is 10.1. The van der Waals surface area contributed by atoms with Crippen molar-refractivity contribution in [3.63, 3.8) is 0 Å². The van der Waals surface area contributed by atoms with Crippen molar-refractivity contribution in [2.24, 2.45) is 5.73 Å². The summed E-state index contributed by atoms with van der Waals surface area (Å²) in [7, 11) is 0. The van der Waals surface area contributed by atoms with E-state index in [-0.39, 0.29) is 31.2 Å². The summed E-state index contributed by atoms with van der Waals surface area (Å²) < 4.78 is 0. The summed E-state index contributed by atoms with van der Waals surface area (Å²) in [5.41, 5.74) is 7.13. The van der Waals surface area contributed by atoms with Crippen LogP contribution < -0.4 is 16.4 Å². The Morgan fingerprint density at radius 3 is 2.43 bits per heavy atom. The van der Waals surface area contributed by atoms with Crippen LogP contribution in [0.2, 0.25) is 0 Å². The average Bonchev–Trinajstić information content (AvgIpc) is 3.03. The Morgan fingerprint density at radius 1 is 1.09 bits per heavy atom. The fourth-order valence-electron chi connectivity index (χ4n) is 1.92. The van der Waals surface area contributed by atoms with E-state index in [1.807, 2.05) is 5.38 Å². The van der Waals surface area contributed by atoms with Crippen molar-refractivity contribution in [2.45, 2.75) is 12.8 Å². The van der Waals surface area contributed by atoms with E-state index < -0.39 is 5.91 Å². The summed E-state index contributed by atoms with van der Waals surface area (Å²) in [6.07, 6.45) is 0.349. The van der Waals surface area contributed by atoms with Gasteiger partial charge in [-0.3, -0.25) is 14.4 Å². The van der Waals surface area contributed by atoms with E-state index >= 15 is 0 Å². The topological polar surface area (TPSA) is 101 Å². The lowest BCUT2D eigenvalue weighted by atomic mass is 10.1. The maximum atomic E-state index is 11.8. The number of nitrogens with two attached hydrogens (primary N) is 1. The van der Waals surface area contributed by atoms with Crippen molar-refractivity contribution in [1.82, 2.24) is 5.32 Å². The van der Waals surface area contributed by atoms with Gasteiger partial charge in [0.05, 0.1) is 6.42 Å². The highest BCUT2D eigenvalue weighted by molar-refractivity contribution is 7.08. The molecule has 0 bridgehead atoms. The maximum absolute atomic E-state index is 11.8.